The van der Waals surface area contributed by atoms with Crippen LogP contribution in [0.25, 0.3) is 5.69 Å². The second-order valence-corrected chi connectivity index (χ2v) is 6.47. The highest BCUT2D eigenvalue weighted by Gasteiger charge is 2.24. The molecule has 0 saturated carbocycles. The lowest BCUT2D eigenvalue weighted by atomic mass is 10.0. The minimum atomic E-state index is -0.223. The highest BCUT2D eigenvalue weighted by molar-refractivity contribution is 5.96. The van der Waals surface area contributed by atoms with Crippen molar-refractivity contribution in [2.75, 3.05) is 18.1 Å². The van der Waals surface area contributed by atoms with Crippen molar-refractivity contribution in [1.82, 2.24) is 4.57 Å². The first kappa shape index (κ1) is 16.6. The molecule has 1 aromatic heterocycles. The fourth-order valence-corrected chi connectivity index (χ4v) is 3.33. The first-order chi connectivity index (χ1) is 11.7. The van der Waals surface area contributed by atoms with Gasteiger partial charge in [-0.15, -0.1) is 0 Å². The number of carbonyl (C=O) groups is 1. The maximum atomic E-state index is 12.6. The first-order valence-electron chi connectivity index (χ1n) is 8.92. The highest BCUT2D eigenvalue weighted by Crippen LogP contribution is 2.30. The summed E-state index contributed by atoms with van der Waals surface area (Å²) in [4.78, 5) is 15.0. The van der Waals surface area contributed by atoms with E-state index < -0.39 is 0 Å². The number of anilines is 1. The van der Waals surface area contributed by atoms with Gasteiger partial charge < -0.3 is 14.2 Å². The van der Waals surface area contributed by atoms with Crippen molar-refractivity contribution in [3.05, 3.63) is 48.3 Å². The average Bonchev–Trinajstić information content (AvgIpc) is 3.14. The molecule has 0 bridgehead atoms. The molecule has 0 N–H and O–H groups in total. The number of ether oxygens (including phenoxy) is 1. The average molecular weight is 326 g/mol. The Bertz CT molecular complexity index is 679. The van der Waals surface area contributed by atoms with Crippen LogP contribution in [0.3, 0.4) is 0 Å². The maximum Gasteiger partial charge on any atom is 0.340 e. The van der Waals surface area contributed by atoms with Crippen LogP contribution in [0.15, 0.2) is 42.7 Å². The number of rotatable bonds is 5. The lowest BCUT2D eigenvalue weighted by Crippen LogP contribution is -2.38. The molecule has 1 saturated heterocycles. The Kier molecular flexibility index (Phi) is 5.24. The summed E-state index contributed by atoms with van der Waals surface area (Å²) in [6.07, 6.45) is 8.41. The number of hydrogen-bond acceptors (Lipinski definition) is 3. The summed E-state index contributed by atoms with van der Waals surface area (Å²) in [5.74, 6) is -0.223. The third-order valence-electron chi connectivity index (χ3n) is 4.65. The van der Waals surface area contributed by atoms with Crippen LogP contribution in [0.4, 0.5) is 5.69 Å². The Balaban J connectivity index is 1.98. The zero-order valence-electron chi connectivity index (χ0n) is 14.6. The topological polar surface area (TPSA) is 34.5 Å². The molecule has 4 heteroatoms. The van der Waals surface area contributed by atoms with Gasteiger partial charge in [-0.2, -0.15) is 0 Å². The van der Waals surface area contributed by atoms with Crippen molar-refractivity contribution < 1.29 is 9.53 Å². The highest BCUT2D eigenvalue weighted by atomic mass is 16.5. The summed E-state index contributed by atoms with van der Waals surface area (Å²) in [5.41, 5.74) is 2.65. The molecule has 0 radical (unpaired) electrons. The van der Waals surface area contributed by atoms with E-state index in [4.69, 9.17) is 4.74 Å². The molecular weight excluding hydrogens is 300 g/mol. The van der Waals surface area contributed by atoms with Gasteiger partial charge in [-0.05, 0) is 62.9 Å². The number of nitrogens with zero attached hydrogens (tertiary/aromatic N) is 2. The van der Waals surface area contributed by atoms with Gasteiger partial charge in [0.1, 0.15) is 0 Å². The standard InChI is InChI=1S/C20H26N2O2/c1-3-14-24-20(23)18-15-17(21-11-6-7-12-21)9-10-19(18)22-13-5-4-8-16(22)2/h6-7,9-12,15-16H,3-5,8,13-14H2,1-2H3/t16-/m1/s1. The van der Waals surface area contributed by atoms with E-state index in [0.717, 1.165) is 24.3 Å². The Morgan fingerprint density at radius 2 is 2.04 bits per heavy atom. The molecule has 1 aliphatic heterocycles. The predicted octanol–water partition coefficient (Wildman–Crippen LogP) is 4.42. The second kappa shape index (κ2) is 7.56. The third kappa shape index (κ3) is 3.48. The number of hydrogen-bond donors (Lipinski definition) is 0. The summed E-state index contributed by atoms with van der Waals surface area (Å²) < 4.78 is 7.46. The van der Waals surface area contributed by atoms with Crippen molar-refractivity contribution in [2.45, 2.75) is 45.6 Å². The van der Waals surface area contributed by atoms with Crippen molar-refractivity contribution in [3.63, 3.8) is 0 Å². The number of benzene rings is 1. The normalized spacial score (nSPS) is 17.8. The van der Waals surface area contributed by atoms with E-state index >= 15 is 0 Å². The molecule has 3 rings (SSSR count). The molecular formula is C20H26N2O2. The molecule has 0 aliphatic carbocycles. The van der Waals surface area contributed by atoms with Crippen molar-refractivity contribution in [2.24, 2.45) is 0 Å². The molecule has 1 aromatic carbocycles. The third-order valence-corrected chi connectivity index (χ3v) is 4.65. The largest absolute Gasteiger partial charge is 0.462 e. The maximum absolute atomic E-state index is 12.6. The molecule has 128 valence electrons. The Morgan fingerprint density at radius 1 is 1.25 bits per heavy atom. The predicted molar refractivity (Wildman–Crippen MR) is 97.0 cm³/mol. The summed E-state index contributed by atoms with van der Waals surface area (Å²) in [6, 6.07) is 10.5. The quantitative estimate of drug-likeness (QED) is 0.763. The minimum Gasteiger partial charge on any atom is -0.462 e. The number of aromatic nitrogens is 1. The summed E-state index contributed by atoms with van der Waals surface area (Å²) in [5, 5.41) is 0. The van der Waals surface area contributed by atoms with Gasteiger partial charge in [0.15, 0.2) is 0 Å². The molecule has 0 unspecified atom stereocenters. The minimum absolute atomic E-state index is 0.223. The lowest BCUT2D eigenvalue weighted by molar-refractivity contribution is 0.0505. The molecule has 1 aliphatic rings. The van der Waals surface area contributed by atoms with Crippen LogP contribution < -0.4 is 4.90 Å². The molecule has 0 spiro atoms. The Labute approximate surface area is 144 Å². The SMILES string of the molecule is CCCOC(=O)c1cc(-n2cccc2)ccc1N1CCCC[C@H]1C. The van der Waals surface area contributed by atoms with Gasteiger partial charge in [0.2, 0.25) is 0 Å². The first-order valence-corrected chi connectivity index (χ1v) is 8.92. The van der Waals surface area contributed by atoms with Crippen LogP contribution in [-0.4, -0.2) is 29.7 Å². The second-order valence-electron chi connectivity index (χ2n) is 6.47. The Morgan fingerprint density at radius 3 is 2.75 bits per heavy atom. The zero-order valence-corrected chi connectivity index (χ0v) is 14.6. The van der Waals surface area contributed by atoms with Gasteiger partial charge in [-0.25, -0.2) is 4.79 Å². The van der Waals surface area contributed by atoms with Crippen LogP contribution in [0, 0.1) is 0 Å². The van der Waals surface area contributed by atoms with Crippen molar-refractivity contribution in [3.8, 4) is 5.69 Å². The van der Waals surface area contributed by atoms with Crippen molar-refractivity contribution >= 4 is 11.7 Å². The van der Waals surface area contributed by atoms with Gasteiger partial charge in [0.25, 0.3) is 0 Å². The smallest absolute Gasteiger partial charge is 0.340 e. The van der Waals surface area contributed by atoms with Crippen LogP contribution in [-0.2, 0) is 4.74 Å². The fourth-order valence-electron chi connectivity index (χ4n) is 3.33. The van der Waals surface area contributed by atoms with Gasteiger partial charge in [0, 0.05) is 30.7 Å². The fraction of sp³-hybridized carbons (Fsp3) is 0.450. The molecule has 4 nitrogen and oxygen atoms in total. The van der Waals surface area contributed by atoms with E-state index in [2.05, 4.69) is 24.0 Å². The van der Waals surface area contributed by atoms with Crippen LogP contribution >= 0.6 is 0 Å². The number of piperidine rings is 1. The number of esters is 1. The monoisotopic (exact) mass is 326 g/mol. The van der Waals surface area contributed by atoms with E-state index in [0.29, 0.717) is 18.2 Å². The summed E-state index contributed by atoms with van der Waals surface area (Å²) >= 11 is 0. The van der Waals surface area contributed by atoms with E-state index in [1.165, 1.54) is 19.3 Å². The van der Waals surface area contributed by atoms with Crippen LogP contribution in [0.2, 0.25) is 0 Å². The van der Waals surface area contributed by atoms with Crippen LogP contribution in [0.5, 0.6) is 0 Å². The lowest BCUT2D eigenvalue weighted by Gasteiger charge is -2.36. The van der Waals surface area contributed by atoms with Gasteiger partial charge in [0.05, 0.1) is 17.9 Å². The summed E-state index contributed by atoms with van der Waals surface area (Å²) in [7, 11) is 0. The van der Waals surface area contributed by atoms with Gasteiger partial charge in [-0.1, -0.05) is 6.92 Å². The zero-order chi connectivity index (χ0) is 16.9. The molecule has 2 aromatic rings. The number of carbonyl (C=O) groups excluding carboxylic acids is 1. The van der Waals surface area contributed by atoms with Gasteiger partial charge in [-0.3, -0.25) is 0 Å². The molecule has 2 heterocycles. The van der Waals surface area contributed by atoms with Crippen molar-refractivity contribution in [1.29, 1.82) is 0 Å². The molecule has 24 heavy (non-hydrogen) atoms. The van der Waals surface area contributed by atoms with Gasteiger partial charge >= 0.3 is 5.97 Å². The van der Waals surface area contributed by atoms with Crippen LogP contribution in [0.1, 0.15) is 49.9 Å². The van der Waals surface area contributed by atoms with E-state index in [9.17, 15) is 4.79 Å². The van der Waals surface area contributed by atoms with E-state index in [1.54, 1.807) is 0 Å². The van der Waals surface area contributed by atoms with E-state index in [1.807, 2.05) is 42.1 Å². The Hall–Kier alpha value is -2.23. The van der Waals surface area contributed by atoms with E-state index in [-0.39, 0.29) is 5.97 Å². The summed E-state index contributed by atoms with van der Waals surface area (Å²) in [6.45, 7) is 5.71. The molecule has 0 amide bonds. The molecule has 1 fully saturated rings. The molecule has 1 atom stereocenters.